The molecule has 1 saturated carbocycles. The minimum atomic E-state index is -4.46. The maximum Gasteiger partial charge on any atom is 0.409 e. The van der Waals surface area contributed by atoms with E-state index in [1.807, 2.05) is 0 Å². The Hall–Kier alpha value is -4.06. The Bertz CT molecular complexity index is 1360. The van der Waals surface area contributed by atoms with Gasteiger partial charge in [0.2, 0.25) is 12.2 Å². The third-order valence-electron chi connectivity index (χ3n) is 6.24. The molecule has 2 aromatic heterocycles. The Labute approximate surface area is 204 Å². The first-order valence-corrected chi connectivity index (χ1v) is 11.4. The van der Waals surface area contributed by atoms with Gasteiger partial charge in [0, 0.05) is 36.1 Å². The van der Waals surface area contributed by atoms with Gasteiger partial charge in [0.25, 0.3) is 5.91 Å². The zero-order valence-corrected chi connectivity index (χ0v) is 19.1. The third-order valence-corrected chi connectivity index (χ3v) is 6.24. The third kappa shape index (κ3) is 4.59. The number of halogens is 3. The lowest BCUT2D eigenvalue weighted by molar-refractivity contribution is -0.416. The molecule has 5 N–H and O–H groups in total. The predicted molar refractivity (Wildman–Crippen MR) is 127 cm³/mol. The number of nitrogens with one attached hydrogen (secondary N) is 3. The molecule has 186 valence electrons. The molecule has 12 heteroatoms. The van der Waals surface area contributed by atoms with E-state index in [-0.39, 0.29) is 24.0 Å². The number of hydrogen-bond acceptors (Lipinski definition) is 5. The van der Waals surface area contributed by atoms with Crippen LogP contribution < -0.4 is 16.4 Å². The van der Waals surface area contributed by atoms with Gasteiger partial charge in [0.1, 0.15) is 11.7 Å². The molecular formula is C24H24F3N8O+. The largest absolute Gasteiger partial charge is 0.409 e. The second-order valence-electron chi connectivity index (χ2n) is 8.71. The summed E-state index contributed by atoms with van der Waals surface area (Å²) in [4.78, 5) is 21.1. The van der Waals surface area contributed by atoms with Gasteiger partial charge in [-0.1, -0.05) is 6.07 Å². The minimum Gasteiger partial charge on any atom is -0.321 e. The fourth-order valence-electron chi connectivity index (χ4n) is 4.32. The molecule has 1 amide bonds. The number of imidazole rings is 1. The van der Waals surface area contributed by atoms with E-state index in [4.69, 9.17) is 11.1 Å². The van der Waals surface area contributed by atoms with Crippen LogP contribution in [0, 0.1) is 5.41 Å². The van der Waals surface area contributed by atoms with Crippen LogP contribution in [-0.2, 0) is 6.42 Å². The Morgan fingerprint density at radius 2 is 2.06 bits per heavy atom. The van der Waals surface area contributed by atoms with E-state index < -0.39 is 18.1 Å². The number of aromatic nitrogens is 3. The SMILES string of the molecule is N=C[N+](=C(N)c1cccc(NC(=O)c2cc(-n3cnc4c3CCNC4C(F)(F)F)ccn2)c1)C1CC1. The molecular weight excluding hydrogens is 473 g/mol. The Balaban J connectivity index is 1.38. The fourth-order valence-corrected chi connectivity index (χ4v) is 4.32. The lowest BCUT2D eigenvalue weighted by Crippen LogP contribution is -2.39. The highest BCUT2D eigenvalue weighted by atomic mass is 19.4. The van der Waals surface area contributed by atoms with Crippen molar-refractivity contribution in [2.45, 2.75) is 37.5 Å². The van der Waals surface area contributed by atoms with E-state index in [9.17, 15) is 18.0 Å². The second kappa shape index (κ2) is 9.19. The summed E-state index contributed by atoms with van der Waals surface area (Å²) in [5.41, 5.74) is 8.38. The van der Waals surface area contributed by atoms with Crippen LogP contribution in [0.4, 0.5) is 18.9 Å². The van der Waals surface area contributed by atoms with Crippen LogP contribution in [0.5, 0.6) is 0 Å². The number of carbonyl (C=O) groups is 1. The van der Waals surface area contributed by atoms with Gasteiger partial charge in [-0.05, 0) is 43.2 Å². The highest BCUT2D eigenvalue weighted by molar-refractivity contribution is 6.04. The molecule has 3 aromatic rings. The number of pyridine rings is 1. The van der Waals surface area contributed by atoms with Crippen LogP contribution in [0.3, 0.4) is 0 Å². The molecule has 0 saturated heterocycles. The van der Waals surface area contributed by atoms with E-state index in [1.165, 1.54) is 24.9 Å². The van der Waals surface area contributed by atoms with Crippen LogP contribution in [0.25, 0.3) is 5.69 Å². The van der Waals surface area contributed by atoms with E-state index in [2.05, 4.69) is 20.6 Å². The molecule has 3 heterocycles. The predicted octanol–water partition coefficient (Wildman–Crippen LogP) is 2.76. The highest BCUT2D eigenvalue weighted by Gasteiger charge is 2.45. The zero-order valence-electron chi connectivity index (χ0n) is 19.1. The number of nitrogens with zero attached hydrogens (tertiary/aromatic N) is 4. The molecule has 36 heavy (non-hydrogen) atoms. The summed E-state index contributed by atoms with van der Waals surface area (Å²) in [5, 5.41) is 12.9. The number of carbonyl (C=O) groups excluding carboxylic acids is 1. The number of anilines is 1. The van der Waals surface area contributed by atoms with E-state index >= 15 is 0 Å². The number of amidine groups is 1. The Kier molecular flexibility index (Phi) is 6.04. The van der Waals surface area contributed by atoms with E-state index in [0.717, 1.165) is 12.8 Å². The van der Waals surface area contributed by atoms with Gasteiger partial charge in [-0.25, -0.2) is 9.56 Å². The van der Waals surface area contributed by atoms with Crippen molar-refractivity contribution in [2.75, 3.05) is 11.9 Å². The van der Waals surface area contributed by atoms with Gasteiger partial charge >= 0.3 is 6.18 Å². The summed E-state index contributed by atoms with van der Waals surface area (Å²) in [5.74, 6) is -0.0530. The van der Waals surface area contributed by atoms with Crippen molar-refractivity contribution in [3.8, 4) is 5.69 Å². The van der Waals surface area contributed by atoms with Crippen molar-refractivity contribution in [1.29, 1.82) is 5.41 Å². The lowest BCUT2D eigenvalue weighted by atomic mass is 10.0. The number of nitrogens with two attached hydrogens (primary N) is 1. The van der Waals surface area contributed by atoms with Gasteiger partial charge in [-0.3, -0.25) is 9.78 Å². The average Bonchev–Trinajstić information content (AvgIpc) is 3.61. The quantitative estimate of drug-likeness (QED) is 0.237. The molecule has 1 atom stereocenters. The van der Waals surface area contributed by atoms with Crippen molar-refractivity contribution >= 4 is 23.8 Å². The topological polar surface area (TPSA) is 125 Å². The minimum absolute atomic E-state index is 0.0626. The average molecular weight is 498 g/mol. The molecule has 0 bridgehead atoms. The zero-order chi connectivity index (χ0) is 25.4. The number of fused-ring (bicyclic) bond motifs is 1. The summed E-state index contributed by atoms with van der Waals surface area (Å²) in [6.45, 7) is 0.161. The molecule has 5 rings (SSSR count). The monoisotopic (exact) mass is 497 g/mol. The molecule has 1 aliphatic heterocycles. The molecule has 1 unspecified atom stereocenters. The van der Waals surface area contributed by atoms with Crippen molar-refractivity contribution in [1.82, 2.24) is 19.9 Å². The molecule has 1 aliphatic carbocycles. The fraction of sp³-hybridized carbons (Fsp3) is 0.292. The summed E-state index contributed by atoms with van der Waals surface area (Å²) in [7, 11) is 0. The van der Waals surface area contributed by atoms with Gasteiger partial charge in [-0.2, -0.15) is 18.6 Å². The van der Waals surface area contributed by atoms with Crippen LogP contribution >= 0.6 is 0 Å². The summed E-state index contributed by atoms with van der Waals surface area (Å²) in [6.07, 6.45) is 1.83. The van der Waals surface area contributed by atoms with Crippen molar-refractivity contribution < 1.29 is 22.5 Å². The normalized spacial score (nSPS) is 18.2. The highest BCUT2D eigenvalue weighted by Crippen LogP contribution is 2.36. The molecule has 2 aliphatic rings. The van der Waals surface area contributed by atoms with Gasteiger partial charge < -0.3 is 20.9 Å². The molecule has 9 nitrogen and oxygen atoms in total. The van der Waals surface area contributed by atoms with Crippen LogP contribution in [0.1, 0.15) is 46.3 Å². The van der Waals surface area contributed by atoms with Crippen molar-refractivity contribution in [2.24, 2.45) is 5.73 Å². The summed E-state index contributed by atoms with van der Waals surface area (Å²) in [6, 6.07) is 8.50. The van der Waals surface area contributed by atoms with E-state index in [0.29, 0.717) is 34.9 Å². The van der Waals surface area contributed by atoms with Crippen LogP contribution in [-0.4, -0.2) is 56.0 Å². The molecule has 0 radical (unpaired) electrons. The molecule has 0 spiro atoms. The van der Waals surface area contributed by atoms with Gasteiger partial charge in [0.15, 0.2) is 0 Å². The number of hydrogen-bond donors (Lipinski definition) is 4. The summed E-state index contributed by atoms with van der Waals surface area (Å²) < 4.78 is 43.5. The van der Waals surface area contributed by atoms with Crippen molar-refractivity contribution in [3.05, 3.63) is 71.6 Å². The Morgan fingerprint density at radius 1 is 1.25 bits per heavy atom. The number of benzene rings is 1. The van der Waals surface area contributed by atoms with Crippen LogP contribution in [0.15, 0.2) is 48.9 Å². The smallest absolute Gasteiger partial charge is 0.321 e. The molecule has 1 fully saturated rings. The number of rotatable bonds is 6. The first-order valence-electron chi connectivity index (χ1n) is 11.4. The van der Waals surface area contributed by atoms with Gasteiger partial charge in [0.05, 0.1) is 23.8 Å². The van der Waals surface area contributed by atoms with Gasteiger partial charge in [-0.15, -0.1) is 0 Å². The first-order chi connectivity index (χ1) is 17.3. The standard InChI is InChI=1S/C24H23F3N8O/c25-24(26,27)21-20-19(7-9-31-21)35(13-32-20)17-6-8-30-18(11-17)23(36)33-15-3-1-2-14(10-15)22(29)34(12-28)16-4-5-16/h1-3,6,8,10-13,16,21,28-29,31H,4-5,7,9H2,(H,33,36)/p+1. The van der Waals surface area contributed by atoms with Crippen molar-refractivity contribution in [3.63, 3.8) is 0 Å². The maximum absolute atomic E-state index is 13.4. The molecule has 1 aromatic carbocycles. The number of alkyl halides is 3. The maximum atomic E-state index is 13.4. The summed E-state index contributed by atoms with van der Waals surface area (Å²) >= 11 is 0. The number of amides is 1. The van der Waals surface area contributed by atoms with Crippen LogP contribution in [0.2, 0.25) is 0 Å². The lowest BCUT2D eigenvalue weighted by Gasteiger charge is -2.26. The Morgan fingerprint density at radius 3 is 2.78 bits per heavy atom. The second-order valence-corrected chi connectivity index (χ2v) is 8.71. The van der Waals surface area contributed by atoms with E-state index in [1.54, 1.807) is 39.5 Å². The first kappa shape index (κ1) is 23.7.